The van der Waals surface area contributed by atoms with Crippen molar-refractivity contribution in [1.82, 2.24) is 29.9 Å². The van der Waals surface area contributed by atoms with Crippen LogP contribution in [-0.4, -0.2) is 56.2 Å². The van der Waals surface area contributed by atoms with Gasteiger partial charge in [0.15, 0.2) is 0 Å². The Bertz CT molecular complexity index is 1490. The molecule has 0 unspecified atom stereocenters. The average Bonchev–Trinajstić information content (AvgIpc) is 3.36. The summed E-state index contributed by atoms with van der Waals surface area (Å²) in [4.78, 5) is 16.0. The monoisotopic (exact) mass is 493 g/mol. The van der Waals surface area contributed by atoms with Crippen LogP contribution in [0.3, 0.4) is 0 Å². The first-order valence-electron chi connectivity index (χ1n) is 12.4. The zero-order valence-corrected chi connectivity index (χ0v) is 20.6. The zero-order chi connectivity index (χ0) is 25.4. The van der Waals surface area contributed by atoms with Gasteiger partial charge in [0.05, 0.1) is 41.5 Å². The number of nitrogen functional groups attached to an aromatic ring is 1. The topological polar surface area (TPSA) is 132 Å². The number of rotatable bonds is 5. The maximum atomic E-state index is 9.38. The molecule has 1 spiro atoms. The standard InChI is InChI=1S/C27H27N9O/c1-18-19(13-28)4-2-6-21(18)22-12-23(32-26(29)31-22)24-15-36(34-33-24)14-20-5-3-7-25(30-20)35-16-27(17-35)8-10-37-11-9-27/h2-7,12,15H,8-11,14,16-17H2,1H3,(H2,29,31,32). The maximum absolute atomic E-state index is 9.38. The van der Waals surface area contributed by atoms with Gasteiger partial charge in [-0.05, 0) is 49.6 Å². The molecule has 186 valence electrons. The summed E-state index contributed by atoms with van der Waals surface area (Å²) in [6.45, 7) is 6.18. The van der Waals surface area contributed by atoms with Crippen LogP contribution in [0.1, 0.15) is 29.7 Å². The molecule has 0 radical (unpaired) electrons. The lowest BCUT2D eigenvalue weighted by molar-refractivity contribution is -0.000466. The van der Waals surface area contributed by atoms with E-state index in [-0.39, 0.29) is 5.95 Å². The van der Waals surface area contributed by atoms with Gasteiger partial charge in [-0.1, -0.05) is 23.4 Å². The van der Waals surface area contributed by atoms with E-state index in [0.29, 0.717) is 34.6 Å². The van der Waals surface area contributed by atoms with Crippen LogP contribution in [0.2, 0.25) is 0 Å². The van der Waals surface area contributed by atoms with Gasteiger partial charge in [0.2, 0.25) is 5.95 Å². The Balaban J connectivity index is 1.20. The second-order valence-electron chi connectivity index (χ2n) is 9.84. The Morgan fingerprint density at radius 2 is 1.81 bits per heavy atom. The highest BCUT2D eigenvalue weighted by atomic mass is 16.5. The fourth-order valence-corrected chi connectivity index (χ4v) is 5.21. The van der Waals surface area contributed by atoms with Gasteiger partial charge in [-0.2, -0.15) is 5.26 Å². The number of nitrogens with zero attached hydrogens (tertiary/aromatic N) is 8. The predicted octanol–water partition coefficient (Wildman–Crippen LogP) is 3.22. The van der Waals surface area contributed by atoms with Gasteiger partial charge in [0.1, 0.15) is 11.5 Å². The van der Waals surface area contributed by atoms with E-state index in [1.807, 2.05) is 43.5 Å². The highest BCUT2D eigenvalue weighted by Gasteiger charge is 2.44. The van der Waals surface area contributed by atoms with Crippen molar-refractivity contribution >= 4 is 11.8 Å². The summed E-state index contributed by atoms with van der Waals surface area (Å²) < 4.78 is 7.28. The Labute approximate surface area is 214 Å². The van der Waals surface area contributed by atoms with Gasteiger partial charge < -0.3 is 15.4 Å². The van der Waals surface area contributed by atoms with Gasteiger partial charge in [-0.15, -0.1) is 5.10 Å². The SMILES string of the molecule is Cc1c(C#N)cccc1-c1cc(-c2cn(Cc3cccc(N4CC5(CCOCC5)C4)n3)nn2)nc(N)n1. The number of hydrogen-bond donors (Lipinski definition) is 1. The summed E-state index contributed by atoms with van der Waals surface area (Å²) in [6.07, 6.45) is 4.09. The largest absolute Gasteiger partial charge is 0.381 e. The van der Waals surface area contributed by atoms with Gasteiger partial charge in [-0.25, -0.2) is 19.6 Å². The fourth-order valence-electron chi connectivity index (χ4n) is 5.21. The maximum Gasteiger partial charge on any atom is 0.221 e. The molecule has 2 fully saturated rings. The number of nitriles is 1. The smallest absolute Gasteiger partial charge is 0.221 e. The summed E-state index contributed by atoms with van der Waals surface area (Å²) in [5, 5.41) is 18.0. The molecule has 5 heterocycles. The third kappa shape index (κ3) is 4.49. The molecule has 37 heavy (non-hydrogen) atoms. The van der Waals surface area contributed by atoms with Crippen molar-refractivity contribution in [2.75, 3.05) is 36.9 Å². The summed E-state index contributed by atoms with van der Waals surface area (Å²) in [5.41, 5.74) is 11.4. The minimum Gasteiger partial charge on any atom is -0.381 e. The molecule has 0 amide bonds. The molecule has 0 saturated carbocycles. The van der Waals surface area contributed by atoms with E-state index < -0.39 is 0 Å². The highest BCUT2D eigenvalue weighted by Crippen LogP contribution is 2.41. The van der Waals surface area contributed by atoms with Crippen LogP contribution in [0.25, 0.3) is 22.6 Å². The van der Waals surface area contributed by atoms with Crippen molar-refractivity contribution in [3.05, 3.63) is 65.5 Å². The van der Waals surface area contributed by atoms with Crippen molar-refractivity contribution in [3.63, 3.8) is 0 Å². The molecular weight excluding hydrogens is 466 g/mol. The summed E-state index contributed by atoms with van der Waals surface area (Å²) >= 11 is 0. The van der Waals surface area contributed by atoms with Crippen LogP contribution >= 0.6 is 0 Å². The number of hydrogen-bond acceptors (Lipinski definition) is 9. The van der Waals surface area contributed by atoms with Crippen molar-refractivity contribution in [3.8, 4) is 28.7 Å². The third-order valence-corrected chi connectivity index (χ3v) is 7.32. The molecular formula is C27H27N9O. The van der Waals surface area contributed by atoms with Crippen LogP contribution in [0, 0.1) is 23.7 Å². The average molecular weight is 494 g/mol. The Morgan fingerprint density at radius 3 is 2.62 bits per heavy atom. The lowest BCUT2D eigenvalue weighted by Crippen LogP contribution is -2.58. The normalized spacial score (nSPS) is 16.4. The van der Waals surface area contributed by atoms with Crippen molar-refractivity contribution < 1.29 is 4.74 Å². The van der Waals surface area contributed by atoms with Crippen LogP contribution in [0.15, 0.2) is 48.7 Å². The van der Waals surface area contributed by atoms with E-state index in [2.05, 4.69) is 37.3 Å². The Hall–Kier alpha value is -4.36. The van der Waals surface area contributed by atoms with Gasteiger partial charge in [0, 0.05) is 37.3 Å². The van der Waals surface area contributed by atoms with Crippen molar-refractivity contribution in [1.29, 1.82) is 5.26 Å². The second kappa shape index (κ2) is 9.26. The lowest BCUT2D eigenvalue weighted by Gasteiger charge is -2.52. The summed E-state index contributed by atoms with van der Waals surface area (Å²) in [6, 6.07) is 15.7. The number of aromatic nitrogens is 6. The number of ether oxygens (including phenoxy) is 1. The van der Waals surface area contributed by atoms with E-state index in [4.69, 9.17) is 15.5 Å². The molecule has 0 aliphatic carbocycles. The first-order valence-corrected chi connectivity index (χ1v) is 12.4. The lowest BCUT2D eigenvalue weighted by atomic mass is 9.73. The molecule has 0 bridgehead atoms. The molecule has 3 aromatic heterocycles. The second-order valence-corrected chi connectivity index (χ2v) is 9.84. The van der Waals surface area contributed by atoms with E-state index in [1.54, 1.807) is 10.7 Å². The van der Waals surface area contributed by atoms with E-state index in [9.17, 15) is 5.26 Å². The van der Waals surface area contributed by atoms with Crippen LogP contribution in [0.5, 0.6) is 0 Å². The quantitative estimate of drug-likeness (QED) is 0.445. The number of nitrogens with two attached hydrogens (primary N) is 1. The molecule has 1 aromatic carbocycles. The van der Waals surface area contributed by atoms with Crippen molar-refractivity contribution in [2.45, 2.75) is 26.3 Å². The van der Waals surface area contributed by atoms with Gasteiger partial charge in [-0.3, -0.25) is 0 Å². The molecule has 2 saturated heterocycles. The third-order valence-electron chi connectivity index (χ3n) is 7.32. The van der Waals surface area contributed by atoms with Crippen LogP contribution in [0.4, 0.5) is 11.8 Å². The number of pyridine rings is 1. The molecule has 10 nitrogen and oxygen atoms in total. The molecule has 2 aliphatic rings. The van der Waals surface area contributed by atoms with Crippen molar-refractivity contribution in [2.24, 2.45) is 5.41 Å². The molecule has 4 aromatic rings. The van der Waals surface area contributed by atoms with Gasteiger partial charge in [0.25, 0.3) is 0 Å². The van der Waals surface area contributed by atoms with E-state index >= 15 is 0 Å². The Kier molecular flexibility index (Phi) is 5.77. The number of benzene rings is 1. The summed E-state index contributed by atoms with van der Waals surface area (Å²) in [7, 11) is 0. The predicted molar refractivity (Wildman–Crippen MR) is 138 cm³/mol. The minimum absolute atomic E-state index is 0.134. The fraction of sp³-hybridized carbons (Fsp3) is 0.333. The van der Waals surface area contributed by atoms with Gasteiger partial charge >= 0.3 is 0 Å². The molecule has 0 atom stereocenters. The highest BCUT2D eigenvalue weighted by molar-refractivity contribution is 5.71. The van der Waals surface area contributed by atoms with E-state index in [0.717, 1.165) is 61.8 Å². The first-order chi connectivity index (χ1) is 18.0. The molecule has 10 heteroatoms. The zero-order valence-electron chi connectivity index (χ0n) is 20.6. The summed E-state index contributed by atoms with van der Waals surface area (Å²) in [5.74, 6) is 1.13. The molecule has 2 N–H and O–H groups in total. The van der Waals surface area contributed by atoms with Crippen LogP contribution in [-0.2, 0) is 11.3 Å². The minimum atomic E-state index is 0.134. The molecule has 6 rings (SSSR count). The molecule has 2 aliphatic heterocycles. The first kappa shape index (κ1) is 23.1. The van der Waals surface area contributed by atoms with E-state index in [1.165, 1.54) is 0 Å². The van der Waals surface area contributed by atoms with Crippen LogP contribution < -0.4 is 10.6 Å². The number of anilines is 2. The Morgan fingerprint density at radius 1 is 1.03 bits per heavy atom.